The molecule has 2 aromatic carbocycles. The summed E-state index contributed by atoms with van der Waals surface area (Å²) < 4.78 is 5.85. The first-order valence-electron chi connectivity index (χ1n) is 10.0. The van der Waals surface area contributed by atoms with Gasteiger partial charge in [-0.15, -0.1) is 0 Å². The molecule has 2 aromatic rings. The number of carbonyl (C=O) groups excluding carboxylic acids is 1. The average molecular weight is 382 g/mol. The Morgan fingerprint density at radius 3 is 2.71 bits per heavy atom. The van der Waals surface area contributed by atoms with Gasteiger partial charge in [0, 0.05) is 31.9 Å². The average Bonchev–Trinajstić information content (AvgIpc) is 2.69. The van der Waals surface area contributed by atoms with E-state index >= 15 is 0 Å². The molecule has 150 valence electrons. The number of benzene rings is 2. The molecule has 1 atom stereocenters. The Morgan fingerprint density at radius 2 is 1.96 bits per heavy atom. The first kappa shape index (κ1) is 20.4. The van der Waals surface area contributed by atoms with Crippen molar-refractivity contribution in [2.24, 2.45) is 0 Å². The summed E-state index contributed by atoms with van der Waals surface area (Å²) in [5.41, 5.74) is 4.43. The highest BCUT2D eigenvalue weighted by molar-refractivity contribution is 5.91. The molecule has 0 radical (unpaired) electrons. The van der Waals surface area contributed by atoms with Gasteiger partial charge in [0.05, 0.1) is 12.7 Å². The lowest BCUT2D eigenvalue weighted by Gasteiger charge is -2.33. The van der Waals surface area contributed by atoms with E-state index in [-0.39, 0.29) is 12.1 Å². The van der Waals surface area contributed by atoms with Crippen molar-refractivity contribution in [3.8, 4) is 0 Å². The number of hydrogen-bond donors (Lipinski definition) is 2. The summed E-state index contributed by atoms with van der Waals surface area (Å²) in [5, 5.41) is 6.01. The number of aryl methyl sites for hydroxylation is 1. The number of morpholine rings is 1. The summed E-state index contributed by atoms with van der Waals surface area (Å²) in [7, 11) is 0. The van der Waals surface area contributed by atoms with Crippen molar-refractivity contribution in [2.75, 3.05) is 31.6 Å². The lowest BCUT2D eigenvalue weighted by atomic mass is 9.98. The number of amides is 2. The number of ether oxygens (including phenoxy) is 1. The third-order valence-corrected chi connectivity index (χ3v) is 5.13. The summed E-state index contributed by atoms with van der Waals surface area (Å²) in [5.74, 6) is 0.350. The molecule has 5 nitrogen and oxygen atoms in total. The summed E-state index contributed by atoms with van der Waals surface area (Å²) in [4.78, 5) is 14.8. The maximum atomic E-state index is 12.5. The number of nitrogens with zero attached hydrogens (tertiary/aromatic N) is 1. The van der Waals surface area contributed by atoms with Crippen molar-refractivity contribution in [3.05, 3.63) is 65.2 Å². The van der Waals surface area contributed by atoms with Crippen LogP contribution in [-0.2, 0) is 11.3 Å². The highest BCUT2D eigenvalue weighted by Crippen LogP contribution is 2.27. The van der Waals surface area contributed by atoms with Gasteiger partial charge in [-0.1, -0.05) is 62.4 Å². The normalized spacial score (nSPS) is 17.5. The largest absolute Gasteiger partial charge is 0.374 e. The first-order chi connectivity index (χ1) is 13.5. The Labute approximate surface area is 168 Å². The van der Waals surface area contributed by atoms with Gasteiger partial charge >= 0.3 is 6.03 Å². The number of urea groups is 1. The molecule has 1 unspecified atom stereocenters. The second-order valence-electron chi connectivity index (χ2n) is 7.74. The van der Waals surface area contributed by atoms with Crippen molar-refractivity contribution < 1.29 is 9.53 Å². The van der Waals surface area contributed by atoms with E-state index < -0.39 is 0 Å². The van der Waals surface area contributed by atoms with Gasteiger partial charge in [-0.3, -0.25) is 4.90 Å². The number of para-hydroxylation sites is 1. The molecule has 2 amide bonds. The Hall–Kier alpha value is -2.37. The van der Waals surface area contributed by atoms with Crippen LogP contribution < -0.4 is 10.6 Å². The van der Waals surface area contributed by atoms with Gasteiger partial charge in [-0.25, -0.2) is 4.79 Å². The third-order valence-electron chi connectivity index (χ3n) is 5.13. The lowest BCUT2D eigenvalue weighted by molar-refractivity contribution is -0.0285. The highest BCUT2D eigenvalue weighted by Gasteiger charge is 2.21. The summed E-state index contributed by atoms with van der Waals surface area (Å²) in [6.07, 6.45) is 0.00431. The molecule has 1 fully saturated rings. The first-order valence-corrected chi connectivity index (χ1v) is 10.0. The zero-order valence-electron chi connectivity index (χ0n) is 17.1. The van der Waals surface area contributed by atoms with E-state index in [1.54, 1.807) is 0 Å². The van der Waals surface area contributed by atoms with Crippen LogP contribution in [0.5, 0.6) is 0 Å². The van der Waals surface area contributed by atoms with Crippen molar-refractivity contribution >= 4 is 11.7 Å². The molecule has 5 heteroatoms. The molecule has 3 rings (SSSR count). The molecule has 0 saturated carbocycles. The van der Waals surface area contributed by atoms with E-state index in [2.05, 4.69) is 59.7 Å². The predicted molar refractivity (Wildman–Crippen MR) is 114 cm³/mol. The molecule has 0 spiro atoms. The second-order valence-corrected chi connectivity index (χ2v) is 7.74. The van der Waals surface area contributed by atoms with Gasteiger partial charge in [0.2, 0.25) is 0 Å². The van der Waals surface area contributed by atoms with Crippen LogP contribution in [0, 0.1) is 6.92 Å². The highest BCUT2D eigenvalue weighted by atomic mass is 16.5. The van der Waals surface area contributed by atoms with Crippen LogP contribution >= 0.6 is 0 Å². The van der Waals surface area contributed by atoms with Crippen LogP contribution in [0.3, 0.4) is 0 Å². The van der Waals surface area contributed by atoms with E-state index in [0.717, 1.165) is 36.4 Å². The maximum absolute atomic E-state index is 12.5. The SMILES string of the molecule is Cc1cccc(C(C)C)c1NC(=O)NCC1CN(Cc2ccccc2)CCO1. The van der Waals surface area contributed by atoms with Gasteiger partial charge in [0.1, 0.15) is 0 Å². The van der Waals surface area contributed by atoms with Gasteiger partial charge in [0.25, 0.3) is 0 Å². The number of rotatable bonds is 6. The molecule has 0 bridgehead atoms. The Morgan fingerprint density at radius 1 is 1.18 bits per heavy atom. The second kappa shape index (κ2) is 9.71. The molecular weight excluding hydrogens is 350 g/mol. The van der Waals surface area contributed by atoms with Crippen LogP contribution in [0.15, 0.2) is 48.5 Å². The molecule has 28 heavy (non-hydrogen) atoms. The molecule has 1 saturated heterocycles. The minimum absolute atomic E-state index is 0.00431. The van der Waals surface area contributed by atoms with Crippen LogP contribution in [0.25, 0.3) is 0 Å². The van der Waals surface area contributed by atoms with Crippen LogP contribution in [0.2, 0.25) is 0 Å². The van der Waals surface area contributed by atoms with E-state index in [1.165, 1.54) is 5.56 Å². The standard InChI is InChI=1S/C23H31N3O2/c1-17(2)21-11-7-8-18(3)22(21)25-23(27)24-14-20-16-26(12-13-28-20)15-19-9-5-4-6-10-19/h4-11,17,20H,12-16H2,1-3H3,(H2,24,25,27). The zero-order valence-corrected chi connectivity index (χ0v) is 17.1. The molecular formula is C23H31N3O2. The van der Waals surface area contributed by atoms with Crippen LogP contribution in [0.4, 0.5) is 10.5 Å². The lowest BCUT2D eigenvalue weighted by Crippen LogP contribution is -2.47. The van der Waals surface area contributed by atoms with Gasteiger partial charge < -0.3 is 15.4 Å². The Balaban J connectivity index is 1.51. The van der Waals surface area contributed by atoms with Crippen LogP contribution in [0.1, 0.15) is 36.5 Å². The van der Waals surface area contributed by atoms with Gasteiger partial charge in [-0.05, 0) is 29.5 Å². The number of carbonyl (C=O) groups is 1. The number of nitrogens with one attached hydrogen (secondary N) is 2. The fourth-order valence-corrected chi connectivity index (χ4v) is 3.60. The Bertz CT molecular complexity index is 777. The summed E-state index contributed by atoms with van der Waals surface area (Å²) in [6, 6.07) is 16.4. The third kappa shape index (κ3) is 5.57. The molecule has 0 aromatic heterocycles. The van der Waals surface area contributed by atoms with Crippen molar-refractivity contribution in [3.63, 3.8) is 0 Å². The van der Waals surface area contributed by atoms with E-state index in [4.69, 9.17) is 4.74 Å². The van der Waals surface area contributed by atoms with E-state index in [9.17, 15) is 4.79 Å². The molecule has 1 aliphatic heterocycles. The minimum Gasteiger partial charge on any atom is -0.374 e. The van der Waals surface area contributed by atoms with Gasteiger partial charge in [-0.2, -0.15) is 0 Å². The van der Waals surface area contributed by atoms with E-state index in [0.29, 0.717) is 19.1 Å². The van der Waals surface area contributed by atoms with Crippen LogP contribution in [-0.4, -0.2) is 43.3 Å². The molecule has 2 N–H and O–H groups in total. The molecule has 1 heterocycles. The molecule has 0 aliphatic carbocycles. The minimum atomic E-state index is -0.181. The van der Waals surface area contributed by atoms with Gasteiger partial charge in [0.15, 0.2) is 0 Å². The number of anilines is 1. The predicted octanol–water partition coefficient (Wildman–Crippen LogP) is 4.14. The fourth-order valence-electron chi connectivity index (χ4n) is 3.60. The Kier molecular flexibility index (Phi) is 7.06. The fraction of sp³-hybridized carbons (Fsp3) is 0.435. The maximum Gasteiger partial charge on any atom is 0.319 e. The van der Waals surface area contributed by atoms with Crippen molar-refractivity contribution in [1.82, 2.24) is 10.2 Å². The summed E-state index contributed by atoms with van der Waals surface area (Å²) in [6.45, 7) is 10.1. The van der Waals surface area contributed by atoms with Crippen molar-refractivity contribution in [2.45, 2.75) is 39.3 Å². The van der Waals surface area contributed by atoms with Crippen molar-refractivity contribution in [1.29, 1.82) is 0 Å². The zero-order chi connectivity index (χ0) is 19.9. The molecule has 1 aliphatic rings. The monoisotopic (exact) mass is 381 g/mol. The number of hydrogen-bond acceptors (Lipinski definition) is 3. The summed E-state index contributed by atoms with van der Waals surface area (Å²) >= 11 is 0. The van der Waals surface area contributed by atoms with E-state index in [1.807, 2.05) is 25.1 Å². The smallest absolute Gasteiger partial charge is 0.319 e. The topological polar surface area (TPSA) is 53.6 Å². The quantitative estimate of drug-likeness (QED) is 0.791.